The minimum Gasteiger partial charge on any atom is -0.434 e. The Bertz CT molecular complexity index is 444. The van der Waals surface area contributed by atoms with Crippen LogP contribution < -0.4 is 15.8 Å². The highest BCUT2D eigenvalue weighted by atomic mass is 35.5. The van der Waals surface area contributed by atoms with Crippen LogP contribution in [0.2, 0.25) is 5.02 Å². The van der Waals surface area contributed by atoms with Gasteiger partial charge in [0.05, 0.1) is 0 Å². The molecule has 19 heavy (non-hydrogen) atoms. The van der Waals surface area contributed by atoms with E-state index < -0.39 is 12.5 Å². The summed E-state index contributed by atoms with van der Waals surface area (Å²) < 4.78 is 28.9. The highest BCUT2D eigenvalue weighted by Gasteiger charge is 2.12. The second-order valence-corrected chi connectivity index (χ2v) is 4.52. The summed E-state index contributed by atoms with van der Waals surface area (Å²) in [5.74, 6) is -0.381. The first-order chi connectivity index (χ1) is 8.88. The van der Waals surface area contributed by atoms with E-state index in [1.54, 1.807) is 6.92 Å². The van der Waals surface area contributed by atoms with E-state index in [0.717, 1.165) is 0 Å². The zero-order valence-electron chi connectivity index (χ0n) is 10.3. The van der Waals surface area contributed by atoms with E-state index in [1.807, 2.05) is 0 Å². The number of nitrogens with one attached hydrogen (secondary N) is 1. The number of rotatable bonds is 7. The third kappa shape index (κ3) is 5.85. The predicted octanol–water partition coefficient (Wildman–Crippen LogP) is 2.29. The van der Waals surface area contributed by atoms with Gasteiger partial charge in [-0.3, -0.25) is 4.79 Å². The van der Waals surface area contributed by atoms with E-state index in [1.165, 1.54) is 18.2 Å². The molecule has 0 aliphatic heterocycles. The van der Waals surface area contributed by atoms with Crippen molar-refractivity contribution in [3.63, 3.8) is 0 Å². The van der Waals surface area contributed by atoms with E-state index >= 15 is 0 Å². The fourth-order valence-corrected chi connectivity index (χ4v) is 1.75. The van der Waals surface area contributed by atoms with Crippen molar-refractivity contribution < 1.29 is 18.3 Å². The van der Waals surface area contributed by atoms with Crippen LogP contribution in [0.25, 0.3) is 0 Å². The number of hydrogen-bond acceptors (Lipinski definition) is 3. The molecule has 7 heteroatoms. The van der Waals surface area contributed by atoms with Gasteiger partial charge in [0, 0.05) is 29.6 Å². The molecule has 0 radical (unpaired) electrons. The lowest BCUT2D eigenvalue weighted by molar-refractivity contribution is -0.118. The number of amides is 1. The second kappa shape index (κ2) is 7.25. The van der Waals surface area contributed by atoms with Crippen molar-refractivity contribution in [2.45, 2.75) is 32.5 Å². The van der Waals surface area contributed by atoms with E-state index in [4.69, 9.17) is 17.3 Å². The molecule has 0 aliphatic carbocycles. The second-order valence-electron chi connectivity index (χ2n) is 4.08. The summed E-state index contributed by atoms with van der Waals surface area (Å²) in [6.45, 7) is -0.886. The highest BCUT2D eigenvalue weighted by molar-refractivity contribution is 6.30. The first-order valence-electron chi connectivity index (χ1n) is 5.63. The maximum Gasteiger partial charge on any atom is 0.387 e. The molecule has 3 N–H and O–H groups in total. The number of hydrogen-bond donors (Lipinski definition) is 2. The molecular formula is C12H15ClF2N2O2. The van der Waals surface area contributed by atoms with Crippen LogP contribution in [0.1, 0.15) is 18.9 Å². The third-order valence-corrected chi connectivity index (χ3v) is 2.62. The van der Waals surface area contributed by atoms with Gasteiger partial charge in [-0.25, -0.2) is 0 Å². The summed E-state index contributed by atoms with van der Waals surface area (Å²) in [7, 11) is 0. The summed E-state index contributed by atoms with van der Waals surface area (Å²) in [4.78, 5) is 10.7. The molecule has 0 bridgehead atoms. The summed E-state index contributed by atoms with van der Waals surface area (Å²) in [5.41, 5.74) is 5.55. The van der Waals surface area contributed by atoms with Crippen LogP contribution in [0.3, 0.4) is 0 Å². The first-order valence-corrected chi connectivity index (χ1v) is 6.01. The fraction of sp³-hybridized carbons (Fsp3) is 0.417. The Hall–Kier alpha value is -1.40. The van der Waals surface area contributed by atoms with Crippen LogP contribution >= 0.6 is 11.6 Å². The maximum absolute atomic E-state index is 12.2. The lowest BCUT2D eigenvalue weighted by Gasteiger charge is -2.15. The number of halogens is 3. The Balaban J connectivity index is 2.70. The Morgan fingerprint density at radius 2 is 2.21 bits per heavy atom. The normalized spacial score (nSPS) is 12.5. The van der Waals surface area contributed by atoms with Crippen molar-refractivity contribution in [2.75, 3.05) is 0 Å². The molecule has 0 saturated heterocycles. The molecule has 4 nitrogen and oxygen atoms in total. The number of carbonyl (C=O) groups is 1. The average molecular weight is 293 g/mol. The number of carbonyl (C=O) groups excluding carboxylic acids is 1. The molecule has 1 atom stereocenters. The molecule has 1 unspecified atom stereocenters. The quantitative estimate of drug-likeness (QED) is 0.810. The number of benzene rings is 1. The van der Waals surface area contributed by atoms with Gasteiger partial charge in [-0.2, -0.15) is 8.78 Å². The van der Waals surface area contributed by atoms with Crippen molar-refractivity contribution in [2.24, 2.45) is 5.73 Å². The smallest absolute Gasteiger partial charge is 0.387 e. The molecule has 1 amide bonds. The standard InChI is InChI=1S/C12H15ClF2N2O2/c1-7(4-11(16)18)17-6-8-5-9(13)2-3-10(8)19-12(14)15/h2-3,5,7,12,17H,4,6H2,1H3,(H2,16,18). The molecule has 0 fully saturated rings. The molecule has 0 spiro atoms. The van der Waals surface area contributed by atoms with Crippen molar-refractivity contribution in [3.8, 4) is 5.75 Å². The monoisotopic (exact) mass is 292 g/mol. The van der Waals surface area contributed by atoms with Crippen LogP contribution in [0, 0.1) is 0 Å². The molecule has 1 aromatic rings. The van der Waals surface area contributed by atoms with Crippen LogP contribution in [0.5, 0.6) is 5.75 Å². The van der Waals surface area contributed by atoms with Crippen LogP contribution in [-0.2, 0) is 11.3 Å². The summed E-state index contributed by atoms with van der Waals surface area (Å²) >= 11 is 5.81. The minimum absolute atomic E-state index is 0.0539. The van der Waals surface area contributed by atoms with Gasteiger partial charge in [0.2, 0.25) is 5.91 Å². The van der Waals surface area contributed by atoms with E-state index in [9.17, 15) is 13.6 Å². The van der Waals surface area contributed by atoms with Crippen LogP contribution in [0.4, 0.5) is 8.78 Å². The largest absolute Gasteiger partial charge is 0.434 e. The van der Waals surface area contributed by atoms with Gasteiger partial charge in [-0.05, 0) is 25.1 Å². The Morgan fingerprint density at radius 3 is 2.79 bits per heavy atom. The van der Waals surface area contributed by atoms with Crippen molar-refractivity contribution in [3.05, 3.63) is 28.8 Å². The Morgan fingerprint density at radius 1 is 1.53 bits per heavy atom. The number of ether oxygens (including phenoxy) is 1. The Kier molecular flexibility index (Phi) is 5.98. The van der Waals surface area contributed by atoms with Gasteiger partial charge < -0.3 is 15.8 Å². The zero-order chi connectivity index (χ0) is 14.4. The van der Waals surface area contributed by atoms with Gasteiger partial charge in [0.1, 0.15) is 5.75 Å². The van der Waals surface area contributed by atoms with E-state index in [2.05, 4.69) is 10.1 Å². The SMILES string of the molecule is CC(CC(N)=O)NCc1cc(Cl)ccc1OC(F)F. The zero-order valence-corrected chi connectivity index (χ0v) is 11.1. The van der Waals surface area contributed by atoms with Crippen molar-refractivity contribution >= 4 is 17.5 Å². The van der Waals surface area contributed by atoms with Gasteiger partial charge in [-0.1, -0.05) is 11.6 Å². The molecule has 0 aromatic heterocycles. The average Bonchev–Trinajstić information content (AvgIpc) is 2.28. The molecule has 1 aromatic carbocycles. The minimum atomic E-state index is -2.90. The summed E-state index contributed by atoms with van der Waals surface area (Å²) in [6, 6.07) is 4.21. The van der Waals surface area contributed by atoms with Crippen molar-refractivity contribution in [1.29, 1.82) is 0 Å². The predicted molar refractivity (Wildman–Crippen MR) is 68.2 cm³/mol. The van der Waals surface area contributed by atoms with Crippen LogP contribution in [-0.4, -0.2) is 18.6 Å². The number of primary amides is 1. The first kappa shape index (κ1) is 15.7. The fourth-order valence-electron chi connectivity index (χ4n) is 1.56. The maximum atomic E-state index is 12.2. The van der Waals surface area contributed by atoms with E-state index in [-0.39, 0.29) is 24.8 Å². The van der Waals surface area contributed by atoms with Crippen molar-refractivity contribution in [1.82, 2.24) is 5.32 Å². The number of nitrogens with two attached hydrogens (primary N) is 1. The summed E-state index contributed by atoms with van der Waals surface area (Å²) in [5, 5.41) is 3.40. The molecule has 106 valence electrons. The highest BCUT2D eigenvalue weighted by Crippen LogP contribution is 2.24. The summed E-state index contributed by atoms with van der Waals surface area (Å²) in [6.07, 6.45) is 0.158. The molecular weight excluding hydrogens is 278 g/mol. The van der Waals surface area contributed by atoms with Gasteiger partial charge in [-0.15, -0.1) is 0 Å². The lowest BCUT2D eigenvalue weighted by atomic mass is 10.1. The van der Waals surface area contributed by atoms with Gasteiger partial charge in [0.25, 0.3) is 0 Å². The lowest BCUT2D eigenvalue weighted by Crippen LogP contribution is -2.30. The third-order valence-electron chi connectivity index (χ3n) is 2.39. The number of alkyl halides is 2. The topological polar surface area (TPSA) is 64.4 Å². The Labute approximate surface area is 114 Å². The molecule has 0 saturated carbocycles. The molecule has 0 heterocycles. The molecule has 0 aliphatic rings. The van der Waals surface area contributed by atoms with Gasteiger partial charge in [0.15, 0.2) is 0 Å². The van der Waals surface area contributed by atoms with Gasteiger partial charge >= 0.3 is 6.61 Å². The van der Waals surface area contributed by atoms with Crippen LogP contribution in [0.15, 0.2) is 18.2 Å². The molecule has 1 rings (SSSR count). The van der Waals surface area contributed by atoms with E-state index in [0.29, 0.717) is 10.6 Å².